The molecule has 1 fully saturated rings. The molecule has 0 spiro atoms. The number of ether oxygens (including phenoxy) is 2. The van der Waals surface area contributed by atoms with E-state index in [1.165, 1.54) is 0 Å². The third-order valence-corrected chi connectivity index (χ3v) is 7.59. The normalized spacial score (nSPS) is 23.0. The summed E-state index contributed by atoms with van der Waals surface area (Å²) in [5.41, 5.74) is 5.84. The van der Waals surface area contributed by atoms with E-state index < -0.39 is 17.4 Å². The lowest BCUT2D eigenvalue weighted by molar-refractivity contribution is -0.128. The van der Waals surface area contributed by atoms with E-state index in [1.54, 1.807) is 11.3 Å². The van der Waals surface area contributed by atoms with Crippen LogP contribution in [-0.2, 0) is 19.9 Å². The van der Waals surface area contributed by atoms with Crippen molar-refractivity contribution in [2.24, 2.45) is 11.7 Å². The van der Waals surface area contributed by atoms with Crippen molar-refractivity contribution >= 4 is 39.6 Å². The molecule has 1 saturated heterocycles. The Hall–Kier alpha value is -2.58. The number of hydrogen-bond acceptors (Lipinski definition) is 6. The molecule has 2 N–H and O–H groups in total. The van der Waals surface area contributed by atoms with Crippen molar-refractivity contribution in [3.05, 3.63) is 64.0 Å². The molecule has 1 aromatic heterocycles. The molecule has 2 atom stereocenters. The molecule has 0 radical (unpaired) electrons. The first-order valence-corrected chi connectivity index (χ1v) is 12.4. The fourth-order valence-corrected chi connectivity index (χ4v) is 5.76. The maximum Gasteiger partial charge on any atom is 0.228 e. The first-order valence-electron chi connectivity index (χ1n) is 11.5. The second-order valence-electron chi connectivity index (χ2n) is 8.61. The number of aromatic nitrogens is 1. The molecule has 1 aliphatic carbocycles. The van der Waals surface area contributed by atoms with Crippen molar-refractivity contribution in [3.8, 4) is 0 Å². The van der Waals surface area contributed by atoms with Crippen molar-refractivity contribution in [2.45, 2.75) is 18.4 Å². The quantitative estimate of drug-likeness (QED) is 0.517. The summed E-state index contributed by atoms with van der Waals surface area (Å²) in [6.45, 7) is 5.14. The minimum Gasteiger partial charge on any atom is -0.379 e. The highest BCUT2D eigenvalue weighted by molar-refractivity contribution is 7.18. The average molecular weight is 464 g/mol. The minimum atomic E-state index is -1.01. The zero-order valence-electron chi connectivity index (χ0n) is 18.6. The number of rotatable bonds is 8. The number of carbonyl (C=O) groups excluding carboxylic acids is 1. The largest absolute Gasteiger partial charge is 0.379 e. The van der Waals surface area contributed by atoms with Crippen LogP contribution in [0.1, 0.15) is 17.8 Å². The van der Waals surface area contributed by atoms with Gasteiger partial charge in [0.15, 0.2) is 5.60 Å². The lowest BCUT2D eigenvalue weighted by Crippen LogP contribution is -2.49. The predicted molar refractivity (Wildman–Crippen MR) is 131 cm³/mol. The van der Waals surface area contributed by atoms with Crippen LogP contribution in [0.25, 0.3) is 22.4 Å². The molecule has 0 saturated carbocycles. The van der Waals surface area contributed by atoms with E-state index in [2.05, 4.69) is 11.0 Å². The summed E-state index contributed by atoms with van der Waals surface area (Å²) < 4.78 is 13.1. The monoisotopic (exact) mass is 463 g/mol. The molecule has 2 heterocycles. The van der Waals surface area contributed by atoms with Crippen LogP contribution in [0.3, 0.4) is 0 Å². The summed E-state index contributed by atoms with van der Waals surface area (Å²) >= 11 is 1.57. The summed E-state index contributed by atoms with van der Waals surface area (Å²) in [5, 5.41) is 2.79. The summed E-state index contributed by atoms with van der Waals surface area (Å²) in [4.78, 5) is 20.0. The number of unbranched alkanes of at least 4 members (excludes halogenated alkanes) is 1. The lowest BCUT2D eigenvalue weighted by Gasteiger charge is -2.35. The second kappa shape index (κ2) is 9.73. The van der Waals surface area contributed by atoms with Crippen LogP contribution in [0.4, 0.5) is 0 Å². The molecule has 0 bridgehead atoms. The zero-order chi connectivity index (χ0) is 22.7. The van der Waals surface area contributed by atoms with Crippen LogP contribution in [0, 0.1) is 5.92 Å². The van der Waals surface area contributed by atoms with Gasteiger partial charge in [-0.2, -0.15) is 0 Å². The van der Waals surface area contributed by atoms with Gasteiger partial charge in [-0.3, -0.25) is 9.69 Å². The number of primary amides is 1. The van der Waals surface area contributed by atoms with Crippen molar-refractivity contribution in [1.82, 2.24) is 9.88 Å². The number of nitrogens with two attached hydrogens (primary N) is 1. The Morgan fingerprint density at radius 2 is 1.88 bits per heavy atom. The van der Waals surface area contributed by atoms with Gasteiger partial charge in [-0.15, -0.1) is 11.3 Å². The van der Waals surface area contributed by atoms with Crippen LogP contribution in [-0.4, -0.2) is 55.2 Å². The average Bonchev–Trinajstić information content (AvgIpc) is 3.29. The molecule has 7 heteroatoms. The molecule has 6 nitrogen and oxygen atoms in total. The van der Waals surface area contributed by atoms with Gasteiger partial charge in [-0.1, -0.05) is 42.5 Å². The molecule has 2 aliphatic rings. The highest BCUT2D eigenvalue weighted by Gasteiger charge is 2.45. The fraction of sp³-hybridized carbons (Fsp3) is 0.385. The molecule has 172 valence electrons. The van der Waals surface area contributed by atoms with E-state index in [0.29, 0.717) is 6.61 Å². The number of carbonyl (C=O) groups is 1. The molecule has 33 heavy (non-hydrogen) atoms. The van der Waals surface area contributed by atoms with Gasteiger partial charge >= 0.3 is 0 Å². The van der Waals surface area contributed by atoms with Crippen molar-refractivity contribution in [2.75, 3.05) is 39.5 Å². The number of nitrogens with zero attached hydrogens (tertiary/aromatic N) is 2. The Kier molecular flexibility index (Phi) is 6.55. The summed E-state index contributed by atoms with van der Waals surface area (Å²) in [6, 6.07) is 16.0. The summed E-state index contributed by atoms with van der Waals surface area (Å²) in [5.74, 6) is -1.04. The van der Waals surface area contributed by atoms with Crippen molar-refractivity contribution in [1.29, 1.82) is 0 Å². The number of benzene rings is 2. The highest BCUT2D eigenvalue weighted by Crippen LogP contribution is 2.41. The molecule has 1 aliphatic heterocycles. The van der Waals surface area contributed by atoms with Crippen LogP contribution >= 0.6 is 11.3 Å². The van der Waals surface area contributed by atoms with E-state index >= 15 is 0 Å². The van der Waals surface area contributed by atoms with Crippen molar-refractivity contribution in [3.63, 3.8) is 0 Å². The Morgan fingerprint density at radius 3 is 2.67 bits per heavy atom. The number of amides is 1. The minimum absolute atomic E-state index is 0.409. The van der Waals surface area contributed by atoms with Gasteiger partial charge in [0.2, 0.25) is 5.91 Å². The first kappa shape index (κ1) is 22.2. The molecular weight excluding hydrogens is 434 g/mol. The Labute approximate surface area is 197 Å². The SMILES string of the molecule is NC(=O)C1C=c2ccccc2=CC1(OCCCCN1CCOCC1)c1nc2ccccc2s1. The molecular formula is C26H29N3O3S. The maximum absolute atomic E-state index is 12.7. The summed E-state index contributed by atoms with van der Waals surface area (Å²) in [7, 11) is 0. The van der Waals surface area contributed by atoms with Crippen LogP contribution in [0.15, 0.2) is 48.5 Å². The predicted octanol–water partition coefficient (Wildman–Crippen LogP) is 2.00. The van der Waals surface area contributed by atoms with Crippen molar-refractivity contribution < 1.29 is 14.3 Å². The fourth-order valence-electron chi connectivity index (χ4n) is 4.64. The molecule has 2 unspecified atom stereocenters. The lowest BCUT2D eigenvalue weighted by atomic mass is 9.81. The van der Waals surface area contributed by atoms with Gasteiger partial charge in [0, 0.05) is 19.7 Å². The number of fused-ring (bicyclic) bond motifs is 2. The van der Waals surface area contributed by atoms with E-state index in [0.717, 1.165) is 71.4 Å². The maximum atomic E-state index is 12.7. The smallest absolute Gasteiger partial charge is 0.228 e. The van der Waals surface area contributed by atoms with Gasteiger partial charge in [0.05, 0.1) is 29.3 Å². The Bertz CT molecular complexity index is 1220. The zero-order valence-corrected chi connectivity index (χ0v) is 19.4. The molecule has 5 rings (SSSR count). The molecule has 2 aromatic carbocycles. The standard InChI is InChI=1S/C26H29N3O3S/c27-24(30)21-17-19-7-1-2-8-20(19)18-26(21,25-28-22-9-3-4-10-23(22)33-25)32-14-6-5-11-29-12-15-31-16-13-29/h1-4,7-10,17-18,21H,5-6,11-16H2,(H2,27,30). The Morgan fingerprint density at radius 1 is 1.12 bits per heavy atom. The van der Waals surface area contributed by atoms with Gasteiger partial charge in [-0.25, -0.2) is 4.98 Å². The topological polar surface area (TPSA) is 77.7 Å². The summed E-state index contributed by atoms with van der Waals surface area (Å²) in [6.07, 6.45) is 5.91. The van der Waals surface area contributed by atoms with Crippen LogP contribution in [0.2, 0.25) is 0 Å². The number of para-hydroxylation sites is 1. The Balaban J connectivity index is 1.45. The third-order valence-electron chi connectivity index (χ3n) is 6.42. The highest BCUT2D eigenvalue weighted by atomic mass is 32.1. The number of hydrogen-bond donors (Lipinski definition) is 1. The molecule has 3 aromatic rings. The van der Waals surface area contributed by atoms with Gasteiger partial charge < -0.3 is 15.2 Å². The van der Waals surface area contributed by atoms with E-state index in [4.69, 9.17) is 20.2 Å². The number of morpholine rings is 1. The van der Waals surface area contributed by atoms with Gasteiger partial charge in [0.25, 0.3) is 0 Å². The number of thiazole rings is 1. The van der Waals surface area contributed by atoms with E-state index in [1.807, 2.05) is 54.6 Å². The van der Waals surface area contributed by atoms with E-state index in [9.17, 15) is 4.79 Å². The van der Waals surface area contributed by atoms with Crippen LogP contribution in [0.5, 0.6) is 0 Å². The van der Waals surface area contributed by atoms with E-state index in [-0.39, 0.29) is 0 Å². The molecule has 1 amide bonds. The van der Waals surface area contributed by atoms with Gasteiger partial charge in [0.1, 0.15) is 5.01 Å². The third kappa shape index (κ3) is 4.59. The van der Waals surface area contributed by atoms with Crippen LogP contribution < -0.4 is 16.2 Å². The van der Waals surface area contributed by atoms with Gasteiger partial charge in [-0.05, 0) is 48.0 Å². The second-order valence-corrected chi connectivity index (χ2v) is 9.64. The first-order chi connectivity index (χ1) is 16.2.